The number of nitrogens with two attached hydrogens (primary N) is 1. The Balaban J connectivity index is 2.46. The van der Waals surface area contributed by atoms with Crippen LogP contribution < -0.4 is 5.73 Å². The molecule has 2 N–H and O–H groups in total. The van der Waals surface area contributed by atoms with Crippen LogP contribution in [0.3, 0.4) is 0 Å². The summed E-state index contributed by atoms with van der Waals surface area (Å²) >= 11 is 0. The predicted octanol–water partition coefficient (Wildman–Crippen LogP) is 4.04. The highest BCUT2D eigenvalue weighted by Crippen LogP contribution is 2.31. The van der Waals surface area contributed by atoms with Crippen molar-refractivity contribution in [2.24, 2.45) is 17.6 Å². The van der Waals surface area contributed by atoms with Crippen LogP contribution in [-0.4, -0.2) is 30.1 Å². The summed E-state index contributed by atoms with van der Waals surface area (Å²) in [5.74, 6) is 1.65. The molecule has 0 amide bonds. The Hall–Kier alpha value is -0.0800. The lowest BCUT2D eigenvalue weighted by Gasteiger charge is -2.38. The van der Waals surface area contributed by atoms with Crippen molar-refractivity contribution in [1.29, 1.82) is 0 Å². The topological polar surface area (TPSA) is 29.3 Å². The molecule has 0 aromatic heterocycles. The van der Waals surface area contributed by atoms with Crippen molar-refractivity contribution in [3.8, 4) is 0 Å². The molecule has 3 atom stereocenters. The van der Waals surface area contributed by atoms with Gasteiger partial charge in [-0.15, -0.1) is 0 Å². The van der Waals surface area contributed by atoms with Crippen molar-refractivity contribution in [2.45, 2.75) is 84.7 Å². The third kappa shape index (κ3) is 5.83. The molecule has 0 bridgehead atoms. The largest absolute Gasteiger partial charge is 0.327 e. The van der Waals surface area contributed by atoms with Crippen molar-refractivity contribution in [2.75, 3.05) is 13.1 Å². The number of nitrogens with zero attached hydrogens (tertiary/aromatic N) is 1. The van der Waals surface area contributed by atoms with Gasteiger partial charge in [0.1, 0.15) is 0 Å². The third-order valence-electron chi connectivity index (χ3n) is 4.98. The van der Waals surface area contributed by atoms with Gasteiger partial charge in [-0.2, -0.15) is 0 Å². The van der Waals surface area contributed by atoms with E-state index in [0.717, 1.165) is 11.8 Å². The molecule has 0 saturated heterocycles. The van der Waals surface area contributed by atoms with E-state index in [2.05, 4.69) is 32.6 Å². The molecule has 19 heavy (non-hydrogen) atoms. The standard InChI is InChI=1S/C17H36N2/c1-5-7-8-11-19(14(3)4)13-16-12-15(6-2)9-10-17(16)18/h14-17H,5-13,18H2,1-4H3. The molecule has 1 saturated carbocycles. The summed E-state index contributed by atoms with van der Waals surface area (Å²) in [4.78, 5) is 2.66. The molecule has 3 unspecified atom stereocenters. The van der Waals surface area contributed by atoms with E-state index in [1.807, 2.05) is 0 Å². The van der Waals surface area contributed by atoms with Gasteiger partial charge >= 0.3 is 0 Å². The maximum atomic E-state index is 6.37. The number of hydrogen-bond acceptors (Lipinski definition) is 2. The Bertz CT molecular complexity index is 227. The second-order valence-corrected chi connectivity index (χ2v) is 6.81. The Labute approximate surface area is 121 Å². The molecule has 1 rings (SSSR count). The zero-order valence-electron chi connectivity index (χ0n) is 13.7. The van der Waals surface area contributed by atoms with Crippen molar-refractivity contribution in [3.05, 3.63) is 0 Å². The fraction of sp³-hybridized carbons (Fsp3) is 1.00. The van der Waals surface area contributed by atoms with Crippen molar-refractivity contribution in [3.63, 3.8) is 0 Å². The quantitative estimate of drug-likeness (QED) is 0.673. The second-order valence-electron chi connectivity index (χ2n) is 6.81. The van der Waals surface area contributed by atoms with Crippen LogP contribution in [0.5, 0.6) is 0 Å². The van der Waals surface area contributed by atoms with E-state index >= 15 is 0 Å². The van der Waals surface area contributed by atoms with Crippen LogP contribution in [-0.2, 0) is 0 Å². The van der Waals surface area contributed by atoms with E-state index in [9.17, 15) is 0 Å². The van der Waals surface area contributed by atoms with Crippen LogP contribution in [0.4, 0.5) is 0 Å². The summed E-state index contributed by atoms with van der Waals surface area (Å²) in [6.45, 7) is 11.8. The van der Waals surface area contributed by atoms with Gasteiger partial charge in [0, 0.05) is 18.6 Å². The van der Waals surface area contributed by atoms with Crippen LogP contribution in [0.1, 0.15) is 72.6 Å². The second kappa shape index (κ2) is 8.97. The molecule has 0 spiro atoms. The minimum atomic E-state index is 0.440. The first-order valence-electron chi connectivity index (χ1n) is 8.58. The van der Waals surface area contributed by atoms with Crippen LogP contribution in [0.25, 0.3) is 0 Å². The van der Waals surface area contributed by atoms with Crippen LogP contribution in [0.15, 0.2) is 0 Å². The highest BCUT2D eigenvalue weighted by atomic mass is 15.1. The highest BCUT2D eigenvalue weighted by molar-refractivity contribution is 4.84. The molecular weight excluding hydrogens is 232 g/mol. The molecule has 0 radical (unpaired) electrons. The Kier molecular flexibility index (Phi) is 8.01. The van der Waals surface area contributed by atoms with Gasteiger partial charge in [-0.3, -0.25) is 0 Å². The zero-order chi connectivity index (χ0) is 14.3. The summed E-state index contributed by atoms with van der Waals surface area (Å²) in [5, 5.41) is 0. The first-order valence-corrected chi connectivity index (χ1v) is 8.58. The van der Waals surface area contributed by atoms with Crippen molar-refractivity contribution in [1.82, 2.24) is 4.90 Å². The molecule has 1 aliphatic rings. The maximum Gasteiger partial charge on any atom is 0.00795 e. The summed E-state index contributed by atoms with van der Waals surface area (Å²) < 4.78 is 0. The lowest BCUT2D eigenvalue weighted by atomic mass is 9.77. The molecule has 114 valence electrons. The van der Waals surface area contributed by atoms with Crippen LogP contribution >= 0.6 is 0 Å². The van der Waals surface area contributed by atoms with Crippen LogP contribution in [0, 0.1) is 11.8 Å². The normalized spacial score (nSPS) is 28.3. The predicted molar refractivity (Wildman–Crippen MR) is 85.3 cm³/mol. The van der Waals surface area contributed by atoms with Gasteiger partial charge in [-0.1, -0.05) is 33.1 Å². The summed E-state index contributed by atoms with van der Waals surface area (Å²) in [6, 6.07) is 1.10. The van der Waals surface area contributed by atoms with Gasteiger partial charge < -0.3 is 10.6 Å². The molecule has 2 nitrogen and oxygen atoms in total. The third-order valence-corrected chi connectivity index (χ3v) is 4.98. The lowest BCUT2D eigenvalue weighted by Crippen LogP contribution is -2.45. The lowest BCUT2D eigenvalue weighted by molar-refractivity contribution is 0.130. The molecule has 1 fully saturated rings. The van der Waals surface area contributed by atoms with Crippen molar-refractivity contribution < 1.29 is 0 Å². The van der Waals surface area contributed by atoms with E-state index in [1.54, 1.807) is 0 Å². The SMILES string of the molecule is CCCCCN(CC1CC(CC)CCC1N)C(C)C. The minimum Gasteiger partial charge on any atom is -0.327 e. The number of unbranched alkanes of at least 4 members (excludes halogenated alkanes) is 2. The smallest absolute Gasteiger partial charge is 0.00795 e. The van der Waals surface area contributed by atoms with Crippen molar-refractivity contribution >= 4 is 0 Å². The Morgan fingerprint density at radius 2 is 1.89 bits per heavy atom. The first-order chi connectivity index (χ1) is 9.08. The average molecular weight is 268 g/mol. The van der Waals surface area contributed by atoms with E-state index in [1.165, 1.54) is 58.0 Å². The Morgan fingerprint density at radius 1 is 1.16 bits per heavy atom. The molecule has 0 aliphatic heterocycles. The summed E-state index contributed by atoms with van der Waals surface area (Å²) in [5.41, 5.74) is 6.37. The average Bonchev–Trinajstić information content (AvgIpc) is 2.39. The Morgan fingerprint density at radius 3 is 2.47 bits per heavy atom. The van der Waals surface area contributed by atoms with E-state index in [0.29, 0.717) is 12.1 Å². The van der Waals surface area contributed by atoms with Gasteiger partial charge in [-0.05, 0) is 57.9 Å². The minimum absolute atomic E-state index is 0.440. The molecule has 0 heterocycles. The first kappa shape index (κ1) is 17.0. The fourth-order valence-corrected chi connectivity index (χ4v) is 3.39. The number of rotatable bonds is 8. The van der Waals surface area contributed by atoms with Gasteiger partial charge in [0.05, 0.1) is 0 Å². The van der Waals surface area contributed by atoms with Crippen LogP contribution in [0.2, 0.25) is 0 Å². The van der Waals surface area contributed by atoms with Gasteiger partial charge in [0.15, 0.2) is 0 Å². The molecule has 0 aromatic carbocycles. The molecular formula is C17H36N2. The maximum absolute atomic E-state index is 6.37. The van der Waals surface area contributed by atoms with Gasteiger partial charge in [0.2, 0.25) is 0 Å². The van der Waals surface area contributed by atoms with Gasteiger partial charge in [-0.25, -0.2) is 0 Å². The highest BCUT2D eigenvalue weighted by Gasteiger charge is 2.29. The fourth-order valence-electron chi connectivity index (χ4n) is 3.39. The molecule has 2 heteroatoms. The summed E-state index contributed by atoms with van der Waals surface area (Å²) in [6.07, 6.45) is 9.29. The monoisotopic (exact) mass is 268 g/mol. The van der Waals surface area contributed by atoms with E-state index < -0.39 is 0 Å². The van der Waals surface area contributed by atoms with Gasteiger partial charge in [0.25, 0.3) is 0 Å². The number of hydrogen-bond donors (Lipinski definition) is 1. The van der Waals surface area contributed by atoms with E-state index in [-0.39, 0.29) is 0 Å². The van der Waals surface area contributed by atoms with E-state index in [4.69, 9.17) is 5.73 Å². The summed E-state index contributed by atoms with van der Waals surface area (Å²) in [7, 11) is 0. The zero-order valence-corrected chi connectivity index (χ0v) is 13.7. The molecule has 1 aliphatic carbocycles. The molecule has 0 aromatic rings.